The van der Waals surface area contributed by atoms with Gasteiger partial charge >= 0.3 is 5.00 Å². The lowest BCUT2D eigenvalue weighted by atomic mass is 10.2. The minimum atomic E-state index is -4.03. The van der Waals surface area contributed by atoms with E-state index >= 15 is 0 Å². The van der Waals surface area contributed by atoms with Gasteiger partial charge in [-0.15, -0.1) is 0 Å². The molecule has 2 aromatic heterocycles. The molecule has 214 valence electrons. The second-order valence-corrected chi connectivity index (χ2v) is 12.4. The number of nitro groups is 1. The summed E-state index contributed by atoms with van der Waals surface area (Å²) in [5.41, 5.74) is 0.688. The highest BCUT2D eigenvalue weighted by atomic mass is 32.2. The molecule has 0 aliphatic rings. The van der Waals surface area contributed by atoms with Crippen LogP contribution in [-0.2, 0) is 10.0 Å². The number of nitriles is 2. The third-order valence-corrected chi connectivity index (χ3v) is 9.61. The number of thiazole rings is 1. The molecule has 0 saturated carbocycles. The van der Waals surface area contributed by atoms with Gasteiger partial charge in [0.05, 0.1) is 50.4 Å². The number of carbonyl (C=O) groups excluding carboxylic acids is 1. The molecular weight excluding hydrogens is 603 g/mol. The molecule has 4 rings (SSSR count). The molecule has 0 N–H and O–H groups in total. The summed E-state index contributed by atoms with van der Waals surface area (Å²) < 4.78 is 33.4. The number of benzene rings is 2. The van der Waals surface area contributed by atoms with Gasteiger partial charge in [0.1, 0.15) is 5.75 Å². The third-order valence-electron chi connectivity index (χ3n) is 5.74. The Morgan fingerprint density at radius 2 is 1.79 bits per heavy atom. The summed E-state index contributed by atoms with van der Waals surface area (Å²) in [7, 11) is -2.51. The van der Waals surface area contributed by atoms with E-state index in [-0.39, 0.29) is 46.5 Å². The Balaban J connectivity index is 1.68. The van der Waals surface area contributed by atoms with Gasteiger partial charge in [0.2, 0.25) is 15.2 Å². The molecule has 1 amide bonds. The van der Waals surface area contributed by atoms with Gasteiger partial charge in [-0.25, -0.2) is 13.4 Å². The van der Waals surface area contributed by atoms with E-state index < -0.39 is 20.9 Å². The van der Waals surface area contributed by atoms with Crippen molar-refractivity contribution in [3.05, 3.63) is 75.2 Å². The van der Waals surface area contributed by atoms with Gasteiger partial charge in [-0.05, 0) is 48.5 Å². The number of hydrogen-bond donors (Lipinski definition) is 0. The van der Waals surface area contributed by atoms with E-state index in [1.807, 2.05) is 12.1 Å². The first-order valence-electron chi connectivity index (χ1n) is 12.1. The van der Waals surface area contributed by atoms with Crippen molar-refractivity contribution in [3.8, 4) is 17.9 Å². The zero-order valence-electron chi connectivity index (χ0n) is 21.9. The highest BCUT2D eigenvalue weighted by Crippen LogP contribution is 2.33. The molecule has 0 fully saturated rings. The molecular formula is C26H21N7O6S3. The number of aromatic nitrogens is 1. The fourth-order valence-corrected chi connectivity index (χ4v) is 6.75. The van der Waals surface area contributed by atoms with Gasteiger partial charge in [-0.1, -0.05) is 22.7 Å². The van der Waals surface area contributed by atoms with Crippen LogP contribution in [0.4, 0.5) is 10.1 Å². The van der Waals surface area contributed by atoms with E-state index in [2.05, 4.69) is 10.1 Å². The van der Waals surface area contributed by atoms with Gasteiger partial charge in [-0.2, -0.15) is 24.9 Å². The van der Waals surface area contributed by atoms with Crippen LogP contribution >= 0.6 is 22.7 Å². The van der Waals surface area contributed by atoms with E-state index in [9.17, 15) is 23.3 Å². The minimum Gasteiger partial charge on any atom is -0.497 e. The molecule has 13 nitrogen and oxygen atoms in total. The number of methoxy groups -OCH3 is 1. The third kappa shape index (κ3) is 6.76. The number of thiophene rings is 1. The number of rotatable bonds is 12. The van der Waals surface area contributed by atoms with Crippen molar-refractivity contribution >= 4 is 65.2 Å². The molecule has 0 saturated heterocycles. The van der Waals surface area contributed by atoms with Crippen molar-refractivity contribution in [1.82, 2.24) is 9.29 Å². The lowest BCUT2D eigenvalue weighted by Gasteiger charge is -2.20. The monoisotopic (exact) mass is 623 g/mol. The van der Waals surface area contributed by atoms with Crippen LogP contribution in [0.1, 0.15) is 28.1 Å². The van der Waals surface area contributed by atoms with Crippen LogP contribution in [0.2, 0.25) is 0 Å². The number of carbonyl (C=O) groups is 1. The first-order valence-corrected chi connectivity index (χ1v) is 15.2. The van der Waals surface area contributed by atoms with Gasteiger partial charge in [0.15, 0.2) is 0 Å². The van der Waals surface area contributed by atoms with E-state index in [0.717, 1.165) is 25.4 Å². The minimum absolute atomic E-state index is 0.0460. The van der Waals surface area contributed by atoms with Crippen molar-refractivity contribution in [3.63, 3.8) is 0 Å². The largest absolute Gasteiger partial charge is 0.497 e. The van der Waals surface area contributed by atoms with E-state index in [4.69, 9.17) is 15.3 Å². The number of anilines is 1. The molecule has 16 heteroatoms. The van der Waals surface area contributed by atoms with Crippen LogP contribution in [0.15, 0.2) is 64.6 Å². The van der Waals surface area contributed by atoms with Crippen molar-refractivity contribution in [2.45, 2.75) is 17.7 Å². The molecule has 0 atom stereocenters. The number of hydrogen-bond acceptors (Lipinski definition) is 12. The second kappa shape index (κ2) is 13.3. The first-order chi connectivity index (χ1) is 20.2. The Kier molecular flexibility index (Phi) is 9.56. The maximum Gasteiger partial charge on any atom is 0.324 e. The molecule has 2 heterocycles. The highest BCUT2D eigenvalue weighted by molar-refractivity contribution is 7.89. The van der Waals surface area contributed by atoms with Crippen molar-refractivity contribution < 1.29 is 22.9 Å². The Labute approximate surface area is 248 Å². The van der Waals surface area contributed by atoms with E-state index in [1.54, 1.807) is 18.2 Å². The van der Waals surface area contributed by atoms with Crippen LogP contribution < -0.4 is 9.75 Å². The van der Waals surface area contributed by atoms with Crippen LogP contribution in [0, 0.1) is 32.8 Å². The first kappa shape index (κ1) is 30.2. The van der Waals surface area contributed by atoms with Gasteiger partial charge in [0, 0.05) is 37.6 Å². The summed E-state index contributed by atoms with van der Waals surface area (Å²) in [4.78, 5) is 29.1. The van der Waals surface area contributed by atoms with Gasteiger partial charge < -0.3 is 4.74 Å². The Hall–Kier alpha value is -4.74. The lowest BCUT2D eigenvalue weighted by Crippen LogP contribution is -2.33. The number of nitrogens with zero attached hydrogens (tertiary/aromatic N) is 7. The predicted molar refractivity (Wildman–Crippen MR) is 157 cm³/mol. The summed E-state index contributed by atoms with van der Waals surface area (Å²) in [6.45, 7) is -0.153. The predicted octanol–water partition coefficient (Wildman–Crippen LogP) is 4.77. The van der Waals surface area contributed by atoms with Crippen molar-refractivity contribution in [1.29, 1.82) is 10.5 Å². The summed E-state index contributed by atoms with van der Waals surface area (Å²) in [5.74, 6) is -0.0292. The topological polar surface area (TPSA) is 183 Å². The maximum absolute atomic E-state index is 13.7. The SMILES string of the molecule is COc1ccc2nc(N(/N=C/c3ccc([N+](=O)[O-])s3)C(=O)c3ccc(S(=O)(=O)N(CCC#N)CCC#N)cc3)sc2c1. The highest BCUT2D eigenvalue weighted by Gasteiger charge is 2.26. The molecule has 0 aliphatic carbocycles. The number of sulfonamides is 1. The number of hydrazone groups is 1. The van der Waals surface area contributed by atoms with Crippen molar-refractivity contribution in [2.24, 2.45) is 5.10 Å². The van der Waals surface area contributed by atoms with Crippen LogP contribution in [0.5, 0.6) is 5.75 Å². The standard InChI is InChI=1S/C26H21N7O6S3/c1-39-19-6-10-22-23(16-19)41-26(30-22)32(29-17-20-7-11-24(40-20)33(35)36)25(34)18-4-8-21(9-5-18)42(37,38)31(14-2-12-27)15-3-13-28/h4-11,16-17H,2-3,14-15H2,1H3/b29-17+. The average molecular weight is 624 g/mol. The van der Waals surface area contributed by atoms with Crippen LogP contribution in [0.25, 0.3) is 10.2 Å². The molecule has 2 aromatic carbocycles. The molecule has 42 heavy (non-hydrogen) atoms. The summed E-state index contributed by atoms with van der Waals surface area (Å²) in [6, 6.07) is 17.0. The fourth-order valence-electron chi connectivity index (χ4n) is 3.67. The Bertz CT molecular complexity index is 1820. The van der Waals surface area contributed by atoms with Crippen LogP contribution in [0.3, 0.4) is 0 Å². The van der Waals surface area contributed by atoms with Gasteiger partial charge in [-0.3, -0.25) is 14.9 Å². The Morgan fingerprint density at radius 1 is 1.10 bits per heavy atom. The number of fused-ring (bicyclic) bond motifs is 1. The number of amides is 1. The quantitative estimate of drug-likeness (QED) is 0.122. The second-order valence-electron chi connectivity index (χ2n) is 8.37. The van der Waals surface area contributed by atoms with Crippen molar-refractivity contribution in [2.75, 3.05) is 25.2 Å². The zero-order chi connectivity index (χ0) is 30.3. The summed E-state index contributed by atoms with van der Waals surface area (Å²) >= 11 is 2.05. The van der Waals surface area contributed by atoms with Gasteiger partial charge in [0.25, 0.3) is 5.91 Å². The summed E-state index contributed by atoms with van der Waals surface area (Å²) in [6.07, 6.45) is 1.22. The molecule has 0 aliphatic heterocycles. The number of ether oxygens (including phenoxy) is 1. The average Bonchev–Trinajstić information content (AvgIpc) is 3.64. The molecule has 0 spiro atoms. The molecule has 0 radical (unpaired) electrons. The van der Waals surface area contributed by atoms with E-state index in [1.165, 1.54) is 61.1 Å². The maximum atomic E-state index is 13.7. The fraction of sp³-hybridized carbons (Fsp3) is 0.192. The molecule has 0 unspecified atom stereocenters. The van der Waals surface area contributed by atoms with E-state index in [0.29, 0.717) is 16.1 Å². The normalized spacial score (nSPS) is 11.4. The summed E-state index contributed by atoms with van der Waals surface area (Å²) in [5, 5.41) is 34.3. The Morgan fingerprint density at radius 3 is 2.38 bits per heavy atom. The molecule has 0 bridgehead atoms. The molecule has 4 aromatic rings. The lowest BCUT2D eigenvalue weighted by molar-refractivity contribution is -0.380. The van der Waals surface area contributed by atoms with Crippen LogP contribution in [-0.4, -0.2) is 55.0 Å². The zero-order valence-corrected chi connectivity index (χ0v) is 24.4. The smallest absolute Gasteiger partial charge is 0.324 e.